The molecule has 0 bridgehead atoms. The van der Waals surface area contributed by atoms with Crippen molar-refractivity contribution in [3.05, 3.63) is 47.8 Å². The van der Waals surface area contributed by atoms with Gasteiger partial charge in [-0.3, -0.25) is 9.80 Å². The zero-order valence-corrected chi connectivity index (χ0v) is 12.5. The van der Waals surface area contributed by atoms with E-state index in [0.717, 1.165) is 26.4 Å². The maximum atomic E-state index is 2.49. The fourth-order valence-corrected chi connectivity index (χ4v) is 2.86. The van der Waals surface area contributed by atoms with Crippen molar-refractivity contribution in [2.45, 2.75) is 13.1 Å². The topological polar surface area (TPSA) is 13.0 Å². The van der Waals surface area contributed by atoms with Crippen LogP contribution in [0.15, 0.2) is 36.7 Å². The number of hydrogen-bond acceptors (Lipinski definition) is 4. The predicted octanol–water partition coefficient (Wildman–Crippen LogP) is 1.57. The van der Waals surface area contributed by atoms with Crippen LogP contribution in [0, 0.1) is 0 Å². The molecule has 2 heterocycles. The average molecular weight is 272 g/mol. The van der Waals surface area contributed by atoms with Gasteiger partial charge >= 0.3 is 0 Å². The van der Waals surface area contributed by atoms with Crippen LogP contribution in [0.1, 0.15) is 11.1 Å². The SMILES string of the molecule is CN1C=CN(Cc2ccc(CN3CCN(C)C3)cc2)C1. The first-order valence-electron chi connectivity index (χ1n) is 7.30. The molecule has 4 nitrogen and oxygen atoms in total. The summed E-state index contributed by atoms with van der Waals surface area (Å²) in [5, 5.41) is 0. The Morgan fingerprint density at radius 1 is 0.850 bits per heavy atom. The van der Waals surface area contributed by atoms with Crippen molar-refractivity contribution in [1.29, 1.82) is 0 Å². The van der Waals surface area contributed by atoms with Crippen LogP contribution in [0.3, 0.4) is 0 Å². The number of nitrogens with zero attached hydrogens (tertiary/aromatic N) is 4. The van der Waals surface area contributed by atoms with Crippen molar-refractivity contribution < 1.29 is 0 Å². The maximum absolute atomic E-state index is 2.49. The highest BCUT2D eigenvalue weighted by Gasteiger charge is 2.16. The summed E-state index contributed by atoms with van der Waals surface area (Å²) in [4.78, 5) is 9.38. The minimum absolute atomic E-state index is 0.988. The van der Waals surface area contributed by atoms with E-state index in [4.69, 9.17) is 0 Å². The van der Waals surface area contributed by atoms with Crippen molar-refractivity contribution in [3.8, 4) is 0 Å². The molecule has 0 radical (unpaired) electrons. The molecule has 108 valence electrons. The monoisotopic (exact) mass is 272 g/mol. The van der Waals surface area contributed by atoms with Gasteiger partial charge in [-0.1, -0.05) is 24.3 Å². The van der Waals surface area contributed by atoms with Gasteiger partial charge in [0.05, 0.1) is 13.3 Å². The van der Waals surface area contributed by atoms with Gasteiger partial charge in [0, 0.05) is 45.6 Å². The van der Waals surface area contributed by atoms with Crippen LogP contribution in [0.2, 0.25) is 0 Å². The molecule has 2 aliphatic rings. The van der Waals surface area contributed by atoms with Gasteiger partial charge < -0.3 is 9.80 Å². The second kappa shape index (κ2) is 5.85. The Morgan fingerprint density at radius 2 is 1.55 bits per heavy atom. The van der Waals surface area contributed by atoms with Crippen molar-refractivity contribution in [2.24, 2.45) is 0 Å². The molecule has 2 aliphatic heterocycles. The molecule has 0 spiro atoms. The molecule has 0 aromatic heterocycles. The molecule has 3 rings (SSSR count). The predicted molar refractivity (Wildman–Crippen MR) is 81.7 cm³/mol. The van der Waals surface area contributed by atoms with E-state index < -0.39 is 0 Å². The third-order valence-corrected chi connectivity index (χ3v) is 3.99. The first-order valence-corrected chi connectivity index (χ1v) is 7.30. The molecule has 1 aromatic carbocycles. The second-order valence-electron chi connectivity index (χ2n) is 6.03. The van der Waals surface area contributed by atoms with E-state index >= 15 is 0 Å². The summed E-state index contributed by atoms with van der Waals surface area (Å²) in [6.07, 6.45) is 4.28. The third-order valence-electron chi connectivity index (χ3n) is 3.99. The molecule has 0 amide bonds. The molecular weight excluding hydrogens is 248 g/mol. The van der Waals surface area contributed by atoms with Crippen LogP contribution in [-0.2, 0) is 13.1 Å². The normalized spacial score (nSPS) is 20.3. The average Bonchev–Trinajstić information content (AvgIpc) is 3.01. The van der Waals surface area contributed by atoms with E-state index in [-0.39, 0.29) is 0 Å². The smallest absolute Gasteiger partial charge is 0.0894 e. The van der Waals surface area contributed by atoms with E-state index in [1.807, 2.05) is 0 Å². The van der Waals surface area contributed by atoms with E-state index in [1.54, 1.807) is 0 Å². The van der Waals surface area contributed by atoms with E-state index in [2.05, 4.69) is 70.4 Å². The minimum Gasteiger partial charge on any atom is -0.362 e. The summed E-state index contributed by atoms with van der Waals surface area (Å²) in [5.74, 6) is 0. The molecule has 0 N–H and O–H groups in total. The molecule has 1 fully saturated rings. The summed E-state index contributed by atoms with van der Waals surface area (Å²) in [7, 11) is 4.29. The van der Waals surface area contributed by atoms with Crippen molar-refractivity contribution in [2.75, 3.05) is 40.5 Å². The molecule has 20 heavy (non-hydrogen) atoms. The van der Waals surface area contributed by atoms with Crippen molar-refractivity contribution in [3.63, 3.8) is 0 Å². The fraction of sp³-hybridized carbons (Fsp3) is 0.500. The van der Waals surface area contributed by atoms with Crippen LogP contribution in [-0.4, -0.2) is 60.1 Å². The van der Waals surface area contributed by atoms with Crippen LogP contribution in [0.25, 0.3) is 0 Å². The van der Waals surface area contributed by atoms with E-state index in [9.17, 15) is 0 Å². The minimum atomic E-state index is 0.988. The summed E-state index contributed by atoms with van der Waals surface area (Å²) in [6, 6.07) is 9.08. The largest absolute Gasteiger partial charge is 0.362 e. The first kappa shape index (κ1) is 13.5. The second-order valence-corrected chi connectivity index (χ2v) is 6.03. The Morgan fingerprint density at radius 3 is 2.10 bits per heavy atom. The lowest BCUT2D eigenvalue weighted by molar-refractivity contribution is 0.268. The zero-order valence-electron chi connectivity index (χ0n) is 12.5. The molecule has 0 unspecified atom stereocenters. The van der Waals surface area contributed by atoms with E-state index in [0.29, 0.717) is 0 Å². The lowest BCUT2D eigenvalue weighted by atomic mass is 10.1. The van der Waals surface area contributed by atoms with Gasteiger partial charge in [-0.05, 0) is 18.2 Å². The molecular formula is C16H24N4. The zero-order chi connectivity index (χ0) is 13.9. The third kappa shape index (κ3) is 3.32. The van der Waals surface area contributed by atoms with Gasteiger partial charge in [0.2, 0.25) is 0 Å². The van der Waals surface area contributed by atoms with Gasteiger partial charge in [-0.2, -0.15) is 0 Å². The Labute approximate surface area is 121 Å². The van der Waals surface area contributed by atoms with Gasteiger partial charge in [-0.25, -0.2) is 0 Å². The van der Waals surface area contributed by atoms with Crippen LogP contribution in [0.5, 0.6) is 0 Å². The molecule has 1 aromatic rings. The molecule has 4 heteroatoms. The number of rotatable bonds is 4. The van der Waals surface area contributed by atoms with Gasteiger partial charge in [0.1, 0.15) is 0 Å². The number of hydrogen-bond donors (Lipinski definition) is 0. The van der Waals surface area contributed by atoms with Crippen LogP contribution in [0.4, 0.5) is 0 Å². The van der Waals surface area contributed by atoms with Gasteiger partial charge in [0.25, 0.3) is 0 Å². The summed E-state index contributed by atoms with van der Waals surface area (Å²) in [5.41, 5.74) is 2.80. The maximum Gasteiger partial charge on any atom is 0.0894 e. The fourth-order valence-electron chi connectivity index (χ4n) is 2.86. The highest BCUT2D eigenvalue weighted by Crippen LogP contribution is 2.14. The first-order chi connectivity index (χ1) is 9.69. The summed E-state index contributed by atoms with van der Waals surface area (Å²) >= 11 is 0. The highest BCUT2D eigenvalue weighted by atomic mass is 15.4. The van der Waals surface area contributed by atoms with Gasteiger partial charge in [0.15, 0.2) is 0 Å². The Kier molecular flexibility index (Phi) is 3.94. The van der Waals surface area contributed by atoms with E-state index in [1.165, 1.54) is 24.2 Å². The lowest BCUT2D eigenvalue weighted by Crippen LogP contribution is -2.23. The summed E-state index contributed by atoms with van der Waals surface area (Å²) in [6.45, 7) is 6.51. The van der Waals surface area contributed by atoms with Gasteiger partial charge in [-0.15, -0.1) is 0 Å². The number of benzene rings is 1. The number of likely N-dealkylation sites (N-methyl/N-ethyl adjacent to an activating group) is 1. The lowest BCUT2D eigenvalue weighted by Gasteiger charge is -2.19. The Hall–Kier alpha value is -1.52. The Bertz CT molecular complexity index is 468. The quantitative estimate of drug-likeness (QED) is 0.825. The molecule has 0 aliphatic carbocycles. The van der Waals surface area contributed by atoms with Crippen molar-refractivity contribution >= 4 is 0 Å². The van der Waals surface area contributed by atoms with Crippen LogP contribution < -0.4 is 0 Å². The molecule has 1 saturated heterocycles. The molecule has 0 saturated carbocycles. The van der Waals surface area contributed by atoms with Crippen LogP contribution >= 0.6 is 0 Å². The Balaban J connectivity index is 1.53. The standard InChI is InChI=1S/C16H24N4/c1-17-7-9-19(13-17)11-15-3-5-16(6-4-15)12-20-10-8-18(2)14-20/h3-7,9H,8,10-14H2,1-2H3. The summed E-state index contributed by atoms with van der Waals surface area (Å²) < 4.78 is 0. The molecule has 0 atom stereocenters. The highest BCUT2D eigenvalue weighted by molar-refractivity contribution is 5.23. The van der Waals surface area contributed by atoms with Crippen molar-refractivity contribution in [1.82, 2.24) is 19.6 Å².